The number of hydrogen-bond donors (Lipinski definition) is 2. The first kappa shape index (κ1) is 42.2. The number of hydrogen-bond acceptors (Lipinski definition) is 10. The Morgan fingerprint density at radius 1 is 0.690 bits per heavy atom. The maximum atomic E-state index is 12.6. The Kier molecular flexibility index (Phi) is 11.9. The smallest absolute Gasteiger partial charge is 0.399 e. The summed E-state index contributed by atoms with van der Waals surface area (Å²) < 4.78 is 20.0. The number of nitrogens with one attached hydrogen (secondary N) is 2. The van der Waals surface area contributed by atoms with Crippen LogP contribution in [0.25, 0.3) is 22.5 Å². The topological polar surface area (TPSA) is 174 Å². The summed E-state index contributed by atoms with van der Waals surface area (Å²) in [4.78, 5) is 24.7. The van der Waals surface area contributed by atoms with Gasteiger partial charge in [-0.15, -0.1) is 20.4 Å². The first-order chi connectivity index (χ1) is 27.4. The van der Waals surface area contributed by atoms with Crippen LogP contribution in [0.15, 0.2) is 65.7 Å². The second-order valence-electron chi connectivity index (χ2n) is 15.1. The van der Waals surface area contributed by atoms with E-state index >= 15 is 0 Å². The highest BCUT2D eigenvalue weighted by Gasteiger charge is 2.52. The Morgan fingerprint density at radius 2 is 1.17 bits per heavy atom. The molecule has 6 aromatic rings. The average Bonchev–Trinajstić information content (AvgIpc) is 4.00. The number of aryl methyl sites for hydroxylation is 4. The molecule has 2 atom stereocenters. The van der Waals surface area contributed by atoms with E-state index in [0.717, 1.165) is 55.7 Å². The molecule has 4 aromatic heterocycles. The number of nitrogens with zero attached hydrogens (tertiary/aromatic N) is 10. The molecule has 304 valence electrons. The molecule has 0 aliphatic carbocycles. The first-order valence-electron chi connectivity index (χ1n) is 19.2. The number of fused-ring (bicyclic) bond motifs is 6. The van der Waals surface area contributed by atoms with Gasteiger partial charge in [0.05, 0.1) is 52.0 Å². The van der Waals surface area contributed by atoms with E-state index < -0.39 is 0 Å². The van der Waals surface area contributed by atoms with E-state index in [4.69, 9.17) is 9.31 Å². The standard InChI is InChI=1S/C16H16N6O.C12H11BrN4O.C10H17BN2O2.C2H6/c1-9-15-20-19-10(2)22(15)14-5-4-11(6-13(14)16(23)18-9)12-7-17-21(3)8-12;1-6-11-16-15-7(2)17(11)10-4-3-8(13)5-9(10)12(18)14-6;1-9(2)10(3,4)15-11(14-9)8-6-12-13(5)7-8;1-2/h4-9H,1-3H3,(H,18,23);3-6H,1-2H3,(H,14,18);6-7H,1-5H3;1-2H3/t9-;6-;;/m00../s1. The molecule has 2 amide bonds. The van der Waals surface area contributed by atoms with Crippen LogP contribution in [0.2, 0.25) is 0 Å². The lowest BCUT2D eigenvalue weighted by atomic mass is 9.82. The van der Waals surface area contributed by atoms with Gasteiger partial charge in [0, 0.05) is 48.2 Å². The number of carbonyl (C=O) groups is 2. The molecule has 16 nitrogen and oxygen atoms in total. The molecule has 9 rings (SSSR count). The van der Waals surface area contributed by atoms with Crippen molar-refractivity contribution in [1.82, 2.24) is 59.7 Å². The van der Waals surface area contributed by atoms with E-state index in [1.807, 2.05) is 141 Å². The molecule has 0 saturated carbocycles. The van der Waals surface area contributed by atoms with Crippen LogP contribution in [-0.4, -0.2) is 79.2 Å². The van der Waals surface area contributed by atoms with E-state index in [0.29, 0.717) is 11.1 Å². The van der Waals surface area contributed by atoms with Crippen molar-refractivity contribution in [2.24, 2.45) is 14.1 Å². The molecule has 58 heavy (non-hydrogen) atoms. The van der Waals surface area contributed by atoms with Crippen LogP contribution in [0.5, 0.6) is 0 Å². The van der Waals surface area contributed by atoms with Crippen molar-refractivity contribution < 1.29 is 18.9 Å². The van der Waals surface area contributed by atoms with Gasteiger partial charge in [-0.2, -0.15) is 10.2 Å². The van der Waals surface area contributed by atoms with Gasteiger partial charge in [0.2, 0.25) is 0 Å². The van der Waals surface area contributed by atoms with Crippen molar-refractivity contribution in [3.05, 3.63) is 100 Å². The monoisotopic (exact) mass is 852 g/mol. The summed E-state index contributed by atoms with van der Waals surface area (Å²) in [6, 6.07) is 11.1. The number of amides is 2. The van der Waals surface area contributed by atoms with Gasteiger partial charge < -0.3 is 19.9 Å². The van der Waals surface area contributed by atoms with E-state index in [9.17, 15) is 9.59 Å². The van der Waals surface area contributed by atoms with Gasteiger partial charge in [-0.05, 0) is 91.3 Å². The third kappa shape index (κ3) is 8.13. The highest BCUT2D eigenvalue weighted by Crippen LogP contribution is 2.36. The summed E-state index contributed by atoms with van der Waals surface area (Å²) in [6.07, 6.45) is 7.41. The largest absolute Gasteiger partial charge is 0.498 e. The highest BCUT2D eigenvalue weighted by atomic mass is 79.9. The molecule has 3 aliphatic rings. The first-order valence-corrected chi connectivity index (χ1v) is 20.0. The molecular weight excluding hydrogens is 803 g/mol. The second kappa shape index (κ2) is 16.4. The van der Waals surface area contributed by atoms with Crippen molar-refractivity contribution in [3.8, 4) is 22.5 Å². The molecule has 1 fully saturated rings. The molecule has 0 spiro atoms. The minimum absolute atomic E-state index is 0.0938. The molecule has 7 heterocycles. The van der Waals surface area contributed by atoms with Gasteiger partial charge in [0.15, 0.2) is 11.6 Å². The lowest BCUT2D eigenvalue weighted by molar-refractivity contribution is 0.00578. The Hall–Kier alpha value is -5.46. The zero-order valence-electron chi connectivity index (χ0n) is 35.0. The fraction of sp³-hybridized carbons (Fsp3) is 0.400. The van der Waals surface area contributed by atoms with Crippen LogP contribution in [0.4, 0.5) is 0 Å². The molecule has 2 N–H and O–H groups in total. The van der Waals surface area contributed by atoms with Crippen molar-refractivity contribution in [2.45, 2.75) is 92.5 Å². The zero-order valence-corrected chi connectivity index (χ0v) is 36.6. The SMILES string of the molecule is CC.Cc1nnc2n1-c1ccc(-c3cnn(C)c3)cc1C(=O)N[C@H]2C.Cc1nnc2n1-c1ccc(Br)cc1C(=O)N[C@H]2C.Cn1cc(B2OC(C)(C)C(C)(C)O2)cn1. The Labute approximate surface area is 347 Å². The third-order valence-corrected chi connectivity index (χ3v) is 10.9. The summed E-state index contributed by atoms with van der Waals surface area (Å²) in [6.45, 7) is 19.8. The van der Waals surface area contributed by atoms with Gasteiger partial charge in [-0.1, -0.05) is 35.8 Å². The summed E-state index contributed by atoms with van der Waals surface area (Å²) in [7, 11) is 3.45. The number of halogens is 1. The number of benzene rings is 2. The molecule has 0 unspecified atom stereocenters. The lowest BCUT2D eigenvalue weighted by Crippen LogP contribution is -2.41. The molecule has 3 aliphatic heterocycles. The second-order valence-corrected chi connectivity index (χ2v) is 16.0. The predicted octanol–water partition coefficient (Wildman–Crippen LogP) is 5.67. The van der Waals surface area contributed by atoms with Crippen LogP contribution in [0.3, 0.4) is 0 Å². The van der Waals surface area contributed by atoms with Crippen molar-refractivity contribution in [3.63, 3.8) is 0 Å². The summed E-state index contributed by atoms with van der Waals surface area (Å²) in [5.74, 6) is 2.83. The van der Waals surface area contributed by atoms with Crippen LogP contribution in [0, 0.1) is 13.8 Å². The fourth-order valence-electron chi connectivity index (χ4n) is 6.68. The van der Waals surface area contributed by atoms with Crippen molar-refractivity contribution in [1.29, 1.82) is 0 Å². The van der Waals surface area contributed by atoms with Gasteiger partial charge in [-0.25, -0.2) is 0 Å². The Morgan fingerprint density at radius 3 is 1.66 bits per heavy atom. The van der Waals surface area contributed by atoms with E-state index in [1.165, 1.54) is 0 Å². The number of aromatic nitrogens is 10. The van der Waals surface area contributed by atoms with E-state index in [-0.39, 0.29) is 42.2 Å². The summed E-state index contributed by atoms with van der Waals surface area (Å²) in [5.41, 5.74) is 5.18. The van der Waals surface area contributed by atoms with Crippen LogP contribution in [-0.2, 0) is 23.4 Å². The minimum Gasteiger partial charge on any atom is -0.399 e. The molecular formula is C40H50BBrN12O4. The normalized spacial score (nSPS) is 18.2. The maximum Gasteiger partial charge on any atom is 0.498 e. The third-order valence-electron chi connectivity index (χ3n) is 10.4. The quantitative estimate of drug-likeness (QED) is 0.207. The zero-order chi connectivity index (χ0) is 42.3. The van der Waals surface area contributed by atoms with Gasteiger partial charge in [0.25, 0.3) is 11.8 Å². The molecule has 0 radical (unpaired) electrons. The van der Waals surface area contributed by atoms with Gasteiger partial charge >= 0.3 is 7.12 Å². The fourth-order valence-corrected chi connectivity index (χ4v) is 7.04. The summed E-state index contributed by atoms with van der Waals surface area (Å²) in [5, 5.41) is 30.8. The van der Waals surface area contributed by atoms with Gasteiger partial charge in [-0.3, -0.25) is 28.1 Å². The summed E-state index contributed by atoms with van der Waals surface area (Å²) >= 11 is 3.39. The van der Waals surface area contributed by atoms with Crippen molar-refractivity contribution >= 4 is 40.3 Å². The Balaban J connectivity index is 0.000000147. The number of carbonyl (C=O) groups excluding carboxylic acids is 2. The highest BCUT2D eigenvalue weighted by molar-refractivity contribution is 9.10. The van der Waals surface area contributed by atoms with Gasteiger partial charge in [0.1, 0.15) is 11.6 Å². The Bertz CT molecular complexity index is 2450. The van der Waals surface area contributed by atoms with E-state index in [2.05, 4.69) is 57.2 Å². The predicted molar refractivity (Wildman–Crippen MR) is 224 cm³/mol. The number of rotatable bonds is 2. The molecule has 1 saturated heterocycles. The lowest BCUT2D eigenvalue weighted by Gasteiger charge is -2.32. The van der Waals surface area contributed by atoms with E-state index in [1.54, 1.807) is 21.8 Å². The van der Waals surface area contributed by atoms with Crippen LogP contribution < -0.4 is 16.1 Å². The van der Waals surface area contributed by atoms with Crippen LogP contribution in [0.1, 0.15) is 111 Å². The maximum absolute atomic E-state index is 12.6. The van der Waals surface area contributed by atoms with Crippen molar-refractivity contribution in [2.75, 3.05) is 0 Å². The molecule has 18 heteroatoms. The molecule has 0 bridgehead atoms. The minimum atomic E-state index is -0.302. The molecule has 2 aromatic carbocycles. The van der Waals surface area contributed by atoms with Crippen LogP contribution >= 0.6 is 15.9 Å². The average molecular weight is 854 g/mol.